The van der Waals surface area contributed by atoms with E-state index in [0.29, 0.717) is 5.54 Å². The third-order valence-corrected chi connectivity index (χ3v) is 4.43. The lowest BCUT2D eigenvalue weighted by atomic mass is 9.91. The topological polar surface area (TPSA) is 15.3 Å². The number of hydrogen-bond acceptors (Lipinski definition) is 2. The van der Waals surface area contributed by atoms with E-state index in [1.54, 1.807) is 0 Å². The zero-order chi connectivity index (χ0) is 12.5. The molecule has 2 unspecified atom stereocenters. The molecule has 2 heteroatoms. The molecule has 1 N–H and O–H groups in total. The summed E-state index contributed by atoms with van der Waals surface area (Å²) < 4.78 is 0. The van der Waals surface area contributed by atoms with Crippen molar-refractivity contribution in [2.45, 2.75) is 52.5 Å². The predicted molar refractivity (Wildman–Crippen MR) is 74.2 cm³/mol. The van der Waals surface area contributed by atoms with E-state index in [-0.39, 0.29) is 0 Å². The van der Waals surface area contributed by atoms with Crippen molar-refractivity contribution in [2.24, 2.45) is 17.8 Å². The molecule has 2 rings (SSSR count). The largest absolute Gasteiger partial charge is 0.309 e. The molecule has 0 amide bonds. The number of hydrogen-bond donors (Lipinski definition) is 1. The van der Waals surface area contributed by atoms with Crippen LogP contribution in [0, 0.1) is 17.8 Å². The van der Waals surface area contributed by atoms with Crippen LogP contribution >= 0.6 is 0 Å². The van der Waals surface area contributed by atoms with Crippen molar-refractivity contribution >= 4 is 0 Å². The second-order valence-electron chi connectivity index (χ2n) is 7.09. The van der Waals surface area contributed by atoms with Gasteiger partial charge in [0.2, 0.25) is 0 Å². The lowest BCUT2D eigenvalue weighted by Crippen LogP contribution is -2.60. The van der Waals surface area contributed by atoms with Crippen LogP contribution in [0.3, 0.4) is 0 Å². The molecule has 100 valence electrons. The molecule has 0 aromatic heterocycles. The van der Waals surface area contributed by atoms with E-state index >= 15 is 0 Å². The van der Waals surface area contributed by atoms with Crippen molar-refractivity contribution in [3.05, 3.63) is 0 Å². The number of piperazine rings is 1. The predicted octanol–water partition coefficient (Wildman–Crippen LogP) is 2.74. The fraction of sp³-hybridized carbons (Fsp3) is 1.00. The summed E-state index contributed by atoms with van der Waals surface area (Å²) in [6.07, 6.45) is 4.25. The third kappa shape index (κ3) is 3.69. The van der Waals surface area contributed by atoms with E-state index in [1.165, 1.54) is 45.4 Å². The van der Waals surface area contributed by atoms with Gasteiger partial charge in [-0.15, -0.1) is 0 Å². The highest BCUT2D eigenvalue weighted by molar-refractivity contribution is 5.02. The highest BCUT2D eigenvalue weighted by Crippen LogP contribution is 2.40. The van der Waals surface area contributed by atoms with Gasteiger partial charge in [0.25, 0.3) is 0 Å². The van der Waals surface area contributed by atoms with E-state index in [0.717, 1.165) is 17.8 Å². The highest BCUT2D eigenvalue weighted by Gasteiger charge is 2.43. The first-order valence-electron chi connectivity index (χ1n) is 7.47. The van der Waals surface area contributed by atoms with E-state index in [4.69, 9.17) is 0 Å². The van der Waals surface area contributed by atoms with Crippen LogP contribution in [0.4, 0.5) is 0 Å². The molecule has 1 saturated carbocycles. The maximum absolute atomic E-state index is 3.76. The molecule has 1 aliphatic carbocycles. The van der Waals surface area contributed by atoms with Crippen LogP contribution in [0.25, 0.3) is 0 Å². The third-order valence-electron chi connectivity index (χ3n) is 4.43. The Bertz CT molecular complexity index is 247. The molecule has 1 aliphatic heterocycles. The first-order chi connectivity index (χ1) is 7.99. The van der Waals surface area contributed by atoms with Gasteiger partial charge in [-0.25, -0.2) is 0 Å². The summed E-state index contributed by atoms with van der Waals surface area (Å²) in [5.41, 5.74) is 0.413. The van der Waals surface area contributed by atoms with E-state index in [2.05, 4.69) is 37.9 Å². The molecule has 2 nitrogen and oxygen atoms in total. The molecule has 0 radical (unpaired) electrons. The molecular formula is C15H30N2. The number of rotatable bonds is 5. The molecule has 0 bridgehead atoms. The quantitative estimate of drug-likeness (QED) is 0.792. The minimum Gasteiger partial charge on any atom is -0.309 e. The van der Waals surface area contributed by atoms with Crippen LogP contribution in [0.5, 0.6) is 0 Å². The zero-order valence-corrected chi connectivity index (χ0v) is 12.1. The lowest BCUT2D eigenvalue weighted by molar-refractivity contribution is 0.110. The van der Waals surface area contributed by atoms with Crippen LogP contribution in [-0.2, 0) is 0 Å². The van der Waals surface area contributed by atoms with Crippen molar-refractivity contribution in [3.63, 3.8) is 0 Å². The molecule has 2 fully saturated rings. The van der Waals surface area contributed by atoms with Gasteiger partial charge >= 0.3 is 0 Å². The Morgan fingerprint density at radius 2 is 2.00 bits per heavy atom. The normalized spacial score (nSPS) is 33.0. The summed E-state index contributed by atoms with van der Waals surface area (Å²) in [5.74, 6) is 2.63. The van der Waals surface area contributed by atoms with Crippen molar-refractivity contribution < 1.29 is 0 Å². The van der Waals surface area contributed by atoms with Gasteiger partial charge in [-0.05, 0) is 43.9 Å². The van der Waals surface area contributed by atoms with Gasteiger partial charge in [-0.2, -0.15) is 0 Å². The lowest BCUT2D eigenvalue weighted by Gasteiger charge is -2.43. The van der Waals surface area contributed by atoms with Gasteiger partial charge in [0.1, 0.15) is 0 Å². The van der Waals surface area contributed by atoms with E-state index in [1.807, 2.05) is 0 Å². The van der Waals surface area contributed by atoms with Gasteiger partial charge in [0, 0.05) is 31.7 Å². The van der Waals surface area contributed by atoms with Gasteiger partial charge in [0.15, 0.2) is 0 Å². The molecular weight excluding hydrogens is 208 g/mol. The standard InChI is InChI=1S/C15H30N2/c1-12(2)9-13(3)10-17-8-7-16-15(4,11-17)14-5-6-14/h12-14,16H,5-11H2,1-4H3. The fourth-order valence-corrected chi connectivity index (χ4v) is 3.57. The minimum atomic E-state index is 0.413. The summed E-state index contributed by atoms with van der Waals surface area (Å²) in [5, 5.41) is 3.76. The molecule has 2 atom stereocenters. The maximum Gasteiger partial charge on any atom is 0.0309 e. The molecule has 17 heavy (non-hydrogen) atoms. The van der Waals surface area contributed by atoms with Crippen LogP contribution in [0.1, 0.15) is 47.0 Å². The Kier molecular flexibility index (Phi) is 4.14. The van der Waals surface area contributed by atoms with Crippen LogP contribution in [-0.4, -0.2) is 36.6 Å². The monoisotopic (exact) mass is 238 g/mol. The Morgan fingerprint density at radius 1 is 1.29 bits per heavy atom. The molecule has 1 saturated heterocycles. The van der Waals surface area contributed by atoms with Gasteiger partial charge in [0.05, 0.1) is 0 Å². The molecule has 2 aliphatic rings. The maximum atomic E-state index is 3.76. The Labute approximate surface area is 107 Å². The summed E-state index contributed by atoms with van der Waals surface area (Å²) in [6, 6.07) is 0. The van der Waals surface area contributed by atoms with Crippen molar-refractivity contribution in [2.75, 3.05) is 26.2 Å². The molecule has 0 aromatic carbocycles. The first-order valence-corrected chi connectivity index (χ1v) is 7.47. The van der Waals surface area contributed by atoms with Gasteiger partial charge in [-0.1, -0.05) is 20.8 Å². The highest BCUT2D eigenvalue weighted by atomic mass is 15.2. The van der Waals surface area contributed by atoms with Gasteiger partial charge in [-0.3, -0.25) is 4.90 Å². The van der Waals surface area contributed by atoms with Crippen molar-refractivity contribution in [1.82, 2.24) is 10.2 Å². The Balaban J connectivity index is 1.80. The Morgan fingerprint density at radius 3 is 2.59 bits per heavy atom. The molecule has 1 heterocycles. The van der Waals surface area contributed by atoms with Crippen LogP contribution < -0.4 is 5.32 Å². The van der Waals surface area contributed by atoms with Crippen molar-refractivity contribution in [3.8, 4) is 0 Å². The van der Waals surface area contributed by atoms with Gasteiger partial charge < -0.3 is 5.32 Å². The minimum absolute atomic E-state index is 0.413. The summed E-state index contributed by atoms with van der Waals surface area (Å²) >= 11 is 0. The average Bonchev–Trinajstić information content (AvgIpc) is 2.98. The summed E-state index contributed by atoms with van der Waals surface area (Å²) in [6.45, 7) is 14.5. The summed E-state index contributed by atoms with van der Waals surface area (Å²) in [7, 11) is 0. The fourth-order valence-electron chi connectivity index (χ4n) is 3.57. The van der Waals surface area contributed by atoms with Crippen LogP contribution in [0.2, 0.25) is 0 Å². The average molecular weight is 238 g/mol. The Hall–Kier alpha value is -0.0800. The summed E-state index contributed by atoms with van der Waals surface area (Å²) in [4.78, 5) is 2.70. The second kappa shape index (κ2) is 5.27. The first kappa shape index (κ1) is 13.4. The zero-order valence-electron chi connectivity index (χ0n) is 12.1. The van der Waals surface area contributed by atoms with Crippen LogP contribution in [0.15, 0.2) is 0 Å². The SMILES string of the molecule is CC(C)CC(C)CN1CCNC(C)(C2CC2)C1. The molecule has 0 spiro atoms. The van der Waals surface area contributed by atoms with E-state index < -0.39 is 0 Å². The smallest absolute Gasteiger partial charge is 0.0309 e. The second-order valence-corrected chi connectivity index (χ2v) is 7.09. The number of nitrogens with zero attached hydrogens (tertiary/aromatic N) is 1. The number of nitrogens with one attached hydrogen (secondary N) is 1. The van der Waals surface area contributed by atoms with Crippen molar-refractivity contribution in [1.29, 1.82) is 0 Å². The van der Waals surface area contributed by atoms with E-state index in [9.17, 15) is 0 Å². The molecule has 0 aromatic rings.